The minimum atomic E-state index is -1.43. The molecule has 0 saturated carbocycles. The first-order chi connectivity index (χ1) is 5.31. The van der Waals surface area contributed by atoms with Crippen molar-refractivity contribution in [3.05, 3.63) is 0 Å². The van der Waals surface area contributed by atoms with Gasteiger partial charge in [-0.05, 0) is 17.9 Å². The van der Waals surface area contributed by atoms with Gasteiger partial charge in [-0.25, -0.2) is 0 Å². The lowest BCUT2D eigenvalue weighted by molar-refractivity contribution is 0.103. The van der Waals surface area contributed by atoms with Crippen molar-refractivity contribution in [2.24, 2.45) is 0 Å². The van der Waals surface area contributed by atoms with Crippen LogP contribution in [0.3, 0.4) is 0 Å². The van der Waals surface area contributed by atoms with E-state index in [1.807, 2.05) is 13.8 Å². The average Bonchev–Trinajstić information content (AvgIpc) is 2.04. The molecule has 0 heterocycles. The van der Waals surface area contributed by atoms with Crippen LogP contribution in [0, 0.1) is 0 Å². The molecule has 0 saturated heterocycles. The van der Waals surface area contributed by atoms with Gasteiger partial charge in [-0.15, -0.1) is 4.52 Å². The summed E-state index contributed by atoms with van der Waals surface area (Å²) in [4.78, 5) is 0. The molecule has 4 heteroatoms. The molecule has 0 bridgehead atoms. The molecule has 0 aromatic heterocycles. The molecule has 0 aliphatic carbocycles. The van der Waals surface area contributed by atoms with Gasteiger partial charge in [0.15, 0.2) is 6.16 Å². The van der Waals surface area contributed by atoms with Gasteiger partial charge < -0.3 is 4.74 Å². The fourth-order valence-corrected chi connectivity index (χ4v) is 0.996. The first-order valence-electron chi connectivity index (χ1n) is 3.96. The Hall–Kier alpha value is 0.0200. The van der Waals surface area contributed by atoms with Crippen LogP contribution in [0.4, 0.5) is 0 Å². The van der Waals surface area contributed by atoms with Crippen molar-refractivity contribution in [1.29, 1.82) is 0 Å². The third-order valence-corrected chi connectivity index (χ3v) is 2.06. The van der Waals surface area contributed by atoms with E-state index in [-0.39, 0.29) is 0 Å². The SMILES string of the molecule is CCCOCCO[P+](=O)CC. The molecule has 0 aliphatic heterocycles. The van der Waals surface area contributed by atoms with Gasteiger partial charge in [0.05, 0.1) is 6.61 Å². The Morgan fingerprint density at radius 3 is 2.45 bits per heavy atom. The first-order valence-corrected chi connectivity index (χ1v) is 5.32. The van der Waals surface area contributed by atoms with Crippen molar-refractivity contribution in [2.45, 2.75) is 20.3 Å². The summed E-state index contributed by atoms with van der Waals surface area (Å²) in [5.41, 5.74) is 0. The summed E-state index contributed by atoms with van der Waals surface area (Å²) in [6.07, 6.45) is 1.60. The van der Waals surface area contributed by atoms with Crippen molar-refractivity contribution in [1.82, 2.24) is 0 Å². The lowest BCUT2D eigenvalue weighted by Crippen LogP contribution is -2.01. The largest absolute Gasteiger partial charge is 0.507 e. The van der Waals surface area contributed by atoms with E-state index in [0.717, 1.165) is 13.0 Å². The second-order valence-corrected chi connectivity index (χ2v) is 3.65. The van der Waals surface area contributed by atoms with Gasteiger partial charge in [-0.3, -0.25) is 0 Å². The van der Waals surface area contributed by atoms with E-state index >= 15 is 0 Å². The molecular weight excluding hydrogens is 163 g/mol. The van der Waals surface area contributed by atoms with Gasteiger partial charge in [-0.2, -0.15) is 0 Å². The zero-order chi connectivity index (χ0) is 8.53. The monoisotopic (exact) mass is 179 g/mol. The summed E-state index contributed by atoms with van der Waals surface area (Å²) < 4.78 is 20.8. The molecule has 0 fully saturated rings. The van der Waals surface area contributed by atoms with E-state index in [1.54, 1.807) is 0 Å². The van der Waals surface area contributed by atoms with Crippen LogP contribution < -0.4 is 0 Å². The second kappa shape index (κ2) is 8.12. The van der Waals surface area contributed by atoms with Gasteiger partial charge in [0, 0.05) is 6.61 Å². The Labute approximate surface area is 68.9 Å². The second-order valence-electron chi connectivity index (χ2n) is 2.09. The highest BCUT2D eigenvalue weighted by Gasteiger charge is 2.11. The van der Waals surface area contributed by atoms with E-state index in [4.69, 9.17) is 9.26 Å². The summed E-state index contributed by atoms with van der Waals surface area (Å²) in [7, 11) is -1.43. The summed E-state index contributed by atoms with van der Waals surface area (Å²) in [5.74, 6) is 0. The molecule has 0 radical (unpaired) electrons. The van der Waals surface area contributed by atoms with Crippen LogP contribution in [0.2, 0.25) is 0 Å². The Kier molecular flexibility index (Phi) is 8.13. The minimum Gasteiger partial charge on any atom is -0.379 e. The normalized spacial score (nSPS) is 11.6. The highest BCUT2D eigenvalue weighted by Crippen LogP contribution is 2.19. The van der Waals surface area contributed by atoms with Crippen LogP contribution in [-0.2, 0) is 13.8 Å². The van der Waals surface area contributed by atoms with Crippen LogP contribution in [0.15, 0.2) is 0 Å². The Balaban J connectivity index is 2.95. The number of hydrogen-bond acceptors (Lipinski definition) is 3. The minimum absolute atomic E-state index is 0.447. The van der Waals surface area contributed by atoms with E-state index in [2.05, 4.69) is 0 Å². The van der Waals surface area contributed by atoms with E-state index in [1.165, 1.54) is 0 Å². The molecule has 66 valence electrons. The van der Waals surface area contributed by atoms with Gasteiger partial charge in [0.1, 0.15) is 6.61 Å². The predicted octanol–water partition coefficient (Wildman–Crippen LogP) is 2.19. The van der Waals surface area contributed by atoms with Gasteiger partial charge in [0.25, 0.3) is 0 Å². The maximum Gasteiger partial charge on any atom is 0.507 e. The topological polar surface area (TPSA) is 35.5 Å². The zero-order valence-corrected chi connectivity index (χ0v) is 8.10. The fraction of sp³-hybridized carbons (Fsp3) is 1.00. The summed E-state index contributed by atoms with van der Waals surface area (Å²) >= 11 is 0. The Morgan fingerprint density at radius 2 is 1.91 bits per heavy atom. The summed E-state index contributed by atoms with van der Waals surface area (Å²) in [6, 6.07) is 0. The highest BCUT2D eigenvalue weighted by atomic mass is 31.1. The molecule has 0 aliphatic rings. The molecule has 3 nitrogen and oxygen atoms in total. The van der Waals surface area contributed by atoms with Crippen LogP contribution in [-0.4, -0.2) is 26.0 Å². The van der Waals surface area contributed by atoms with Gasteiger partial charge in [-0.1, -0.05) is 6.92 Å². The van der Waals surface area contributed by atoms with Crippen LogP contribution >= 0.6 is 8.03 Å². The first kappa shape index (κ1) is 11.0. The standard InChI is InChI=1S/C7H16O3P/c1-3-5-9-6-7-10-11(8)4-2/h3-7H2,1-2H3/q+1. The Morgan fingerprint density at radius 1 is 1.18 bits per heavy atom. The molecule has 11 heavy (non-hydrogen) atoms. The third kappa shape index (κ3) is 7.92. The quantitative estimate of drug-likeness (QED) is 0.444. The smallest absolute Gasteiger partial charge is 0.379 e. The zero-order valence-electron chi connectivity index (χ0n) is 7.21. The van der Waals surface area contributed by atoms with E-state index in [9.17, 15) is 4.57 Å². The van der Waals surface area contributed by atoms with Crippen molar-refractivity contribution in [2.75, 3.05) is 26.0 Å². The highest BCUT2D eigenvalue weighted by molar-refractivity contribution is 7.39. The van der Waals surface area contributed by atoms with Gasteiger partial charge >= 0.3 is 8.03 Å². The van der Waals surface area contributed by atoms with Crippen LogP contribution in [0.1, 0.15) is 20.3 Å². The van der Waals surface area contributed by atoms with Crippen molar-refractivity contribution < 1.29 is 13.8 Å². The molecule has 1 unspecified atom stereocenters. The van der Waals surface area contributed by atoms with E-state index in [0.29, 0.717) is 19.4 Å². The summed E-state index contributed by atoms with van der Waals surface area (Å²) in [6.45, 7) is 5.64. The maximum absolute atomic E-state index is 10.7. The lowest BCUT2D eigenvalue weighted by Gasteiger charge is -1.96. The number of rotatable bonds is 7. The average molecular weight is 179 g/mol. The molecular formula is C7H16O3P+. The van der Waals surface area contributed by atoms with Crippen LogP contribution in [0.5, 0.6) is 0 Å². The lowest BCUT2D eigenvalue weighted by atomic mass is 10.5. The Bertz CT molecular complexity index is 106. The predicted molar refractivity (Wildman–Crippen MR) is 45.2 cm³/mol. The third-order valence-electron chi connectivity index (χ3n) is 1.07. The maximum atomic E-state index is 10.7. The van der Waals surface area contributed by atoms with Crippen molar-refractivity contribution in [3.8, 4) is 0 Å². The molecule has 0 spiro atoms. The molecule has 0 amide bonds. The number of hydrogen-bond donors (Lipinski definition) is 0. The fourth-order valence-electron chi connectivity index (χ4n) is 0.536. The van der Waals surface area contributed by atoms with Crippen molar-refractivity contribution >= 4 is 8.03 Å². The molecule has 0 N–H and O–H groups in total. The molecule has 0 aromatic carbocycles. The van der Waals surface area contributed by atoms with E-state index < -0.39 is 8.03 Å². The van der Waals surface area contributed by atoms with Gasteiger partial charge in [0.2, 0.25) is 0 Å². The molecule has 1 atom stereocenters. The molecule has 0 rings (SSSR count). The number of ether oxygens (including phenoxy) is 1. The molecule has 0 aromatic rings. The van der Waals surface area contributed by atoms with Crippen LogP contribution in [0.25, 0.3) is 0 Å². The summed E-state index contributed by atoms with van der Waals surface area (Å²) in [5, 5.41) is 0. The van der Waals surface area contributed by atoms with Crippen molar-refractivity contribution in [3.63, 3.8) is 0 Å².